The normalized spacial score (nSPS) is 18.2. The maximum atomic E-state index is 12.2. The number of carbonyl (C=O) groups is 1. The van der Waals surface area contributed by atoms with Crippen LogP contribution in [-0.2, 0) is 4.79 Å². The molecule has 1 aromatic carbocycles. The van der Waals surface area contributed by atoms with E-state index < -0.39 is 0 Å². The lowest BCUT2D eigenvalue weighted by Crippen LogP contribution is -2.27. The minimum Gasteiger partial charge on any atom is -0.425 e. The summed E-state index contributed by atoms with van der Waals surface area (Å²) in [6, 6.07) is 7.40. The first-order valence-corrected chi connectivity index (χ1v) is 6.56. The molecule has 1 aromatic heterocycles. The van der Waals surface area contributed by atoms with Crippen LogP contribution in [0, 0.1) is 0 Å². The number of aromatic nitrogens is 1. The molecule has 98 valence electrons. The molecule has 1 N–H and O–H groups in total. The van der Waals surface area contributed by atoms with Crippen LogP contribution in [0.3, 0.4) is 0 Å². The van der Waals surface area contributed by atoms with Gasteiger partial charge in [-0.2, -0.15) is 0 Å². The summed E-state index contributed by atoms with van der Waals surface area (Å²) in [6.07, 6.45) is 2.05. The van der Waals surface area contributed by atoms with Crippen molar-refractivity contribution < 1.29 is 9.53 Å². The molecule has 2 aromatic rings. The molecule has 0 radical (unpaired) electrons. The highest BCUT2D eigenvalue weighted by Crippen LogP contribution is 2.38. The van der Waals surface area contributed by atoms with Gasteiger partial charge in [-0.3, -0.25) is 9.59 Å². The Morgan fingerprint density at radius 3 is 2.89 bits per heavy atom. The average molecular weight is 257 g/mol. The molecular weight excluding hydrogens is 242 g/mol. The van der Waals surface area contributed by atoms with E-state index in [1.165, 1.54) is 0 Å². The van der Waals surface area contributed by atoms with Crippen molar-refractivity contribution >= 4 is 16.9 Å². The van der Waals surface area contributed by atoms with E-state index in [1.807, 2.05) is 24.3 Å². The van der Waals surface area contributed by atoms with Crippen molar-refractivity contribution in [2.24, 2.45) is 0 Å². The van der Waals surface area contributed by atoms with Crippen molar-refractivity contribution in [2.75, 3.05) is 0 Å². The first-order valence-electron chi connectivity index (χ1n) is 6.56. The molecular formula is C15H15NO3. The number of ether oxygens (including phenoxy) is 1. The maximum Gasteiger partial charge on any atom is 0.311 e. The second kappa shape index (κ2) is 4.53. The van der Waals surface area contributed by atoms with E-state index in [0.717, 1.165) is 18.2 Å². The molecule has 1 unspecified atom stereocenters. The van der Waals surface area contributed by atoms with E-state index in [4.69, 9.17) is 4.74 Å². The van der Waals surface area contributed by atoms with Crippen LogP contribution in [0.2, 0.25) is 0 Å². The van der Waals surface area contributed by atoms with Gasteiger partial charge < -0.3 is 9.72 Å². The van der Waals surface area contributed by atoms with E-state index >= 15 is 0 Å². The van der Waals surface area contributed by atoms with Crippen LogP contribution in [0.25, 0.3) is 10.9 Å². The van der Waals surface area contributed by atoms with Gasteiger partial charge in [-0.1, -0.05) is 25.5 Å². The zero-order valence-corrected chi connectivity index (χ0v) is 10.7. The first kappa shape index (κ1) is 12.0. The summed E-state index contributed by atoms with van der Waals surface area (Å²) in [5, 5.41) is 0.797. The molecule has 3 rings (SSSR count). The molecule has 0 amide bonds. The quantitative estimate of drug-likeness (QED) is 0.841. The van der Waals surface area contributed by atoms with Crippen molar-refractivity contribution in [3.8, 4) is 5.75 Å². The highest BCUT2D eigenvalue weighted by Gasteiger charge is 2.30. The molecule has 19 heavy (non-hydrogen) atoms. The largest absolute Gasteiger partial charge is 0.425 e. The van der Waals surface area contributed by atoms with Crippen molar-refractivity contribution in [3.05, 3.63) is 40.2 Å². The van der Waals surface area contributed by atoms with Gasteiger partial charge >= 0.3 is 5.97 Å². The highest BCUT2D eigenvalue weighted by atomic mass is 16.5. The van der Waals surface area contributed by atoms with Crippen LogP contribution in [0.4, 0.5) is 0 Å². The smallest absolute Gasteiger partial charge is 0.311 e. The molecule has 0 bridgehead atoms. The lowest BCUT2D eigenvalue weighted by molar-refractivity contribution is -0.135. The van der Waals surface area contributed by atoms with E-state index in [9.17, 15) is 9.59 Å². The number of H-pyrrole nitrogens is 1. The van der Waals surface area contributed by atoms with Gasteiger partial charge in [-0.25, -0.2) is 0 Å². The third-order valence-corrected chi connectivity index (χ3v) is 3.58. The molecule has 0 aliphatic carbocycles. The van der Waals surface area contributed by atoms with Crippen LogP contribution in [0.15, 0.2) is 29.1 Å². The minimum absolute atomic E-state index is 0.0328. The summed E-state index contributed by atoms with van der Waals surface area (Å²) in [4.78, 5) is 26.8. The topological polar surface area (TPSA) is 59.2 Å². The number of nitrogens with one attached hydrogen (secondary N) is 1. The van der Waals surface area contributed by atoms with Gasteiger partial charge in [-0.05, 0) is 18.6 Å². The summed E-state index contributed by atoms with van der Waals surface area (Å²) >= 11 is 0. The Labute approximate surface area is 110 Å². The van der Waals surface area contributed by atoms with E-state index in [2.05, 4.69) is 11.9 Å². The fourth-order valence-electron chi connectivity index (χ4n) is 2.76. The van der Waals surface area contributed by atoms with E-state index in [0.29, 0.717) is 23.3 Å². The Balaban J connectivity index is 2.30. The number of pyridine rings is 1. The molecule has 2 heterocycles. The predicted molar refractivity (Wildman–Crippen MR) is 72.5 cm³/mol. The van der Waals surface area contributed by atoms with Gasteiger partial charge in [0, 0.05) is 11.3 Å². The predicted octanol–water partition coefficient (Wildman–Crippen LogP) is 2.72. The molecule has 0 fully saturated rings. The fourth-order valence-corrected chi connectivity index (χ4v) is 2.76. The number of esters is 1. The Morgan fingerprint density at radius 1 is 1.32 bits per heavy atom. The van der Waals surface area contributed by atoms with E-state index in [1.54, 1.807) is 0 Å². The number of rotatable bonds is 2. The van der Waals surface area contributed by atoms with Crippen molar-refractivity contribution in [1.82, 2.24) is 4.98 Å². The summed E-state index contributed by atoms with van der Waals surface area (Å²) in [5.41, 5.74) is 1.19. The van der Waals surface area contributed by atoms with Crippen molar-refractivity contribution in [3.63, 3.8) is 0 Å². The van der Waals surface area contributed by atoms with Crippen LogP contribution in [-0.4, -0.2) is 11.0 Å². The first-order chi connectivity index (χ1) is 9.20. The Kier molecular flexibility index (Phi) is 2.85. The Hall–Kier alpha value is -2.10. The van der Waals surface area contributed by atoms with Gasteiger partial charge in [0.05, 0.1) is 17.5 Å². The second-order valence-corrected chi connectivity index (χ2v) is 4.91. The standard InChI is InChI=1S/C15H15NO3/c1-2-5-9-8-12(17)19-14-10-6-3-4-7-11(10)16-15(18)13(9)14/h3-4,6-7,9H,2,5,8H2,1H3,(H,16,18). The van der Waals surface area contributed by atoms with Crippen LogP contribution >= 0.6 is 0 Å². The molecule has 0 saturated heterocycles. The van der Waals surface area contributed by atoms with Crippen LogP contribution in [0.1, 0.15) is 37.7 Å². The van der Waals surface area contributed by atoms with Gasteiger partial charge in [0.15, 0.2) is 0 Å². The second-order valence-electron chi connectivity index (χ2n) is 4.91. The van der Waals surface area contributed by atoms with Gasteiger partial charge in [0.2, 0.25) is 0 Å². The monoisotopic (exact) mass is 257 g/mol. The summed E-state index contributed by atoms with van der Waals surface area (Å²) < 4.78 is 5.34. The fraction of sp³-hybridized carbons (Fsp3) is 0.333. The number of fused-ring (bicyclic) bond motifs is 3. The number of para-hydroxylation sites is 1. The Morgan fingerprint density at radius 2 is 2.11 bits per heavy atom. The van der Waals surface area contributed by atoms with Gasteiger partial charge in [0.25, 0.3) is 5.56 Å². The molecule has 4 heteroatoms. The number of aromatic amines is 1. The number of hydrogen-bond donors (Lipinski definition) is 1. The number of benzene rings is 1. The third-order valence-electron chi connectivity index (χ3n) is 3.58. The van der Waals surface area contributed by atoms with Gasteiger partial charge in [0.1, 0.15) is 5.75 Å². The minimum atomic E-state index is -0.248. The maximum absolute atomic E-state index is 12.2. The average Bonchev–Trinajstić information content (AvgIpc) is 2.38. The lowest BCUT2D eigenvalue weighted by atomic mass is 9.89. The highest BCUT2D eigenvalue weighted by molar-refractivity contribution is 5.90. The summed E-state index contributed by atoms with van der Waals surface area (Å²) in [5.74, 6) is 0.172. The number of hydrogen-bond acceptors (Lipinski definition) is 3. The zero-order chi connectivity index (χ0) is 13.4. The summed E-state index contributed by atoms with van der Waals surface area (Å²) in [6.45, 7) is 2.05. The van der Waals surface area contributed by atoms with E-state index in [-0.39, 0.29) is 17.4 Å². The van der Waals surface area contributed by atoms with Crippen molar-refractivity contribution in [2.45, 2.75) is 32.1 Å². The summed E-state index contributed by atoms with van der Waals surface area (Å²) in [7, 11) is 0. The zero-order valence-electron chi connectivity index (χ0n) is 10.7. The molecule has 4 nitrogen and oxygen atoms in total. The molecule has 1 atom stereocenters. The van der Waals surface area contributed by atoms with Gasteiger partial charge in [-0.15, -0.1) is 0 Å². The third kappa shape index (κ3) is 1.93. The SMILES string of the molecule is CCCC1CC(=O)Oc2c1c(=O)[nH]c1ccccc21. The van der Waals surface area contributed by atoms with Crippen molar-refractivity contribution in [1.29, 1.82) is 0 Å². The molecule has 1 aliphatic rings. The number of carbonyl (C=O) groups excluding carboxylic acids is 1. The molecule has 0 spiro atoms. The molecule has 1 aliphatic heterocycles. The lowest BCUT2D eigenvalue weighted by Gasteiger charge is -2.24. The Bertz CT molecular complexity index is 702. The molecule has 0 saturated carbocycles. The van der Waals surface area contributed by atoms with Crippen LogP contribution in [0.5, 0.6) is 5.75 Å². The van der Waals surface area contributed by atoms with Crippen LogP contribution < -0.4 is 10.3 Å².